The number of anilines is 1. The minimum atomic E-state index is -5.81. The largest absolute Gasteiger partial charge is 0.417 e. The van der Waals surface area contributed by atoms with E-state index in [1.165, 1.54) is 41.7 Å². The average Bonchev–Trinajstić information content (AvgIpc) is 3.75. The Morgan fingerprint density at radius 2 is 1.53 bits per heavy atom. The molecule has 1 saturated heterocycles. The molecule has 55 heavy (non-hydrogen) atoms. The van der Waals surface area contributed by atoms with Crippen LogP contribution in [0.3, 0.4) is 0 Å². The van der Waals surface area contributed by atoms with E-state index in [9.17, 15) is 53.8 Å². The molecule has 1 aliphatic rings. The summed E-state index contributed by atoms with van der Waals surface area (Å²) < 4.78 is 154. The van der Waals surface area contributed by atoms with Gasteiger partial charge in [-0.3, -0.25) is 4.90 Å². The van der Waals surface area contributed by atoms with Crippen LogP contribution in [-0.4, -0.2) is 76.3 Å². The van der Waals surface area contributed by atoms with Crippen molar-refractivity contribution in [1.82, 2.24) is 39.0 Å². The first kappa shape index (κ1) is 39.3. The molecule has 3 aromatic heterocycles. The van der Waals surface area contributed by atoms with Crippen LogP contribution in [0.2, 0.25) is 0 Å². The number of halogens is 11. The summed E-state index contributed by atoms with van der Waals surface area (Å²) in [5.41, 5.74) is -11.6. The predicted molar refractivity (Wildman–Crippen MR) is 170 cm³/mol. The third-order valence-electron chi connectivity index (χ3n) is 9.34. The molecule has 0 radical (unpaired) electrons. The van der Waals surface area contributed by atoms with Crippen molar-refractivity contribution in [3.63, 3.8) is 0 Å². The van der Waals surface area contributed by atoms with E-state index in [0.717, 1.165) is 17.0 Å². The van der Waals surface area contributed by atoms with Crippen molar-refractivity contribution < 1.29 is 53.4 Å². The molecule has 1 aliphatic heterocycles. The van der Waals surface area contributed by atoms with Crippen LogP contribution in [-0.2, 0) is 37.2 Å². The van der Waals surface area contributed by atoms with Gasteiger partial charge in [-0.2, -0.15) is 49.7 Å². The predicted octanol–water partition coefficient (Wildman–Crippen LogP) is 5.50. The quantitative estimate of drug-likeness (QED) is 0.195. The molecule has 1 N–H and O–H groups in total. The fourth-order valence-electron chi connectivity index (χ4n) is 6.53. The van der Waals surface area contributed by atoms with E-state index in [4.69, 9.17) is 0 Å². The van der Waals surface area contributed by atoms with E-state index in [2.05, 4.69) is 20.2 Å². The van der Waals surface area contributed by atoms with Crippen LogP contribution in [0.4, 0.5) is 54.1 Å². The third-order valence-corrected chi connectivity index (χ3v) is 9.34. The van der Waals surface area contributed by atoms with Crippen LogP contribution >= 0.6 is 0 Å². The highest BCUT2D eigenvalue weighted by atomic mass is 19.4. The van der Waals surface area contributed by atoms with E-state index in [-0.39, 0.29) is 23.9 Å². The number of pyridine rings is 1. The summed E-state index contributed by atoms with van der Waals surface area (Å²) in [4.78, 5) is 25.1. The highest BCUT2D eigenvalue weighted by molar-refractivity contribution is 5.45. The van der Waals surface area contributed by atoms with Gasteiger partial charge in [0, 0.05) is 43.9 Å². The summed E-state index contributed by atoms with van der Waals surface area (Å²) in [6.07, 6.45) is -12.4. The summed E-state index contributed by atoms with van der Waals surface area (Å²) >= 11 is 0. The van der Waals surface area contributed by atoms with Gasteiger partial charge < -0.3 is 10.0 Å². The maximum absolute atomic E-state index is 15.0. The van der Waals surface area contributed by atoms with Gasteiger partial charge in [-0.25, -0.2) is 37.5 Å². The molecular weight excluding hydrogens is 763 g/mol. The van der Waals surface area contributed by atoms with Gasteiger partial charge in [0.1, 0.15) is 42.0 Å². The molecule has 0 bridgehead atoms. The lowest BCUT2D eigenvalue weighted by molar-refractivity contribution is -0.164. The summed E-state index contributed by atoms with van der Waals surface area (Å²) in [6, 6.07) is 4.33. The number of benzene rings is 2. The molecular formula is C33H28F11N9O2. The molecule has 0 saturated carbocycles. The van der Waals surface area contributed by atoms with Crippen molar-refractivity contribution >= 4 is 5.82 Å². The lowest BCUT2D eigenvalue weighted by atomic mass is 9.85. The molecule has 6 rings (SSSR count). The van der Waals surface area contributed by atoms with Gasteiger partial charge in [-0.15, -0.1) is 0 Å². The van der Waals surface area contributed by atoms with Gasteiger partial charge in [-0.1, -0.05) is 6.07 Å². The Hall–Kier alpha value is -5.38. The van der Waals surface area contributed by atoms with Gasteiger partial charge in [0.15, 0.2) is 0 Å². The fraction of sp³-hybridized carbons (Fsp3) is 0.364. The highest BCUT2D eigenvalue weighted by Crippen LogP contribution is 2.45. The Labute approximate surface area is 302 Å². The Morgan fingerprint density at radius 1 is 0.818 bits per heavy atom. The van der Waals surface area contributed by atoms with Gasteiger partial charge in [0.05, 0.1) is 41.7 Å². The molecule has 294 valence electrons. The minimum Gasteiger partial charge on any atom is -0.381 e. The molecule has 5 aromatic rings. The SMILES string of the molecule is C[C@@H](N1CCN(c2ccc(-n3cnn(Cc4cc(C(F)(F)F)cc(C(F)(F)F)c4C(F)(F)F)c3=O)cn2)CC1)[C@](O)(Cn1cncn1)c1ccc(F)cc1F. The van der Waals surface area contributed by atoms with Gasteiger partial charge in [0.2, 0.25) is 0 Å². The number of nitrogens with zero attached hydrogens (tertiary/aromatic N) is 9. The maximum Gasteiger partial charge on any atom is 0.417 e. The summed E-state index contributed by atoms with van der Waals surface area (Å²) in [5, 5.41) is 19.6. The number of alkyl halides is 9. The highest BCUT2D eigenvalue weighted by Gasteiger charge is 2.47. The molecule has 0 amide bonds. The summed E-state index contributed by atoms with van der Waals surface area (Å²) in [7, 11) is 0. The first-order valence-electron chi connectivity index (χ1n) is 16.2. The number of hydrogen-bond acceptors (Lipinski definition) is 8. The first-order valence-corrected chi connectivity index (χ1v) is 16.2. The minimum absolute atomic E-state index is 0.0304. The third kappa shape index (κ3) is 8.04. The number of hydrogen-bond donors (Lipinski definition) is 1. The molecule has 22 heteroatoms. The molecule has 4 heterocycles. The zero-order valence-electron chi connectivity index (χ0n) is 28.2. The first-order chi connectivity index (χ1) is 25.7. The lowest BCUT2D eigenvalue weighted by Gasteiger charge is -2.45. The van der Waals surface area contributed by atoms with Crippen molar-refractivity contribution in [1.29, 1.82) is 0 Å². The molecule has 0 aliphatic carbocycles. The number of rotatable bonds is 9. The average molecular weight is 792 g/mol. The van der Waals surface area contributed by atoms with Crippen LogP contribution in [0.15, 0.2) is 72.4 Å². The van der Waals surface area contributed by atoms with E-state index < -0.39 is 82.4 Å². The van der Waals surface area contributed by atoms with E-state index >= 15 is 4.39 Å². The second kappa shape index (κ2) is 14.4. The van der Waals surface area contributed by atoms with Crippen molar-refractivity contribution in [2.24, 2.45) is 0 Å². The number of piperazine rings is 1. The zero-order valence-corrected chi connectivity index (χ0v) is 28.2. The van der Waals surface area contributed by atoms with Gasteiger partial charge >= 0.3 is 24.2 Å². The molecule has 0 unspecified atom stereocenters. The second-order valence-corrected chi connectivity index (χ2v) is 12.7. The van der Waals surface area contributed by atoms with Crippen molar-refractivity contribution in [2.75, 3.05) is 31.1 Å². The number of aromatic nitrogens is 7. The Balaban J connectivity index is 1.19. The van der Waals surface area contributed by atoms with Crippen LogP contribution in [0.5, 0.6) is 0 Å². The Morgan fingerprint density at radius 3 is 2.09 bits per heavy atom. The molecule has 2 atom stereocenters. The second-order valence-electron chi connectivity index (χ2n) is 12.7. The van der Waals surface area contributed by atoms with Gasteiger partial charge in [0.25, 0.3) is 0 Å². The molecule has 0 spiro atoms. The van der Waals surface area contributed by atoms with Gasteiger partial charge in [-0.05, 0) is 42.8 Å². The zero-order chi connectivity index (χ0) is 40.1. The van der Waals surface area contributed by atoms with Crippen molar-refractivity contribution in [3.05, 3.63) is 118 Å². The maximum atomic E-state index is 15.0. The van der Waals surface area contributed by atoms with Crippen LogP contribution in [0, 0.1) is 11.6 Å². The molecule has 2 aromatic carbocycles. The lowest BCUT2D eigenvalue weighted by Crippen LogP contribution is -2.57. The van der Waals surface area contributed by atoms with E-state index in [1.54, 1.807) is 6.92 Å². The van der Waals surface area contributed by atoms with Crippen LogP contribution in [0.25, 0.3) is 5.69 Å². The Bertz CT molecular complexity index is 2190. The van der Waals surface area contributed by atoms with Crippen LogP contribution in [0.1, 0.15) is 34.7 Å². The molecule has 11 nitrogen and oxygen atoms in total. The monoisotopic (exact) mass is 791 g/mol. The van der Waals surface area contributed by atoms with Crippen molar-refractivity contribution in [2.45, 2.75) is 50.2 Å². The smallest absolute Gasteiger partial charge is 0.381 e. The van der Waals surface area contributed by atoms with E-state index in [0.29, 0.717) is 42.7 Å². The van der Waals surface area contributed by atoms with Crippen LogP contribution < -0.4 is 10.6 Å². The Kier molecular flexibility index (Phi) is 10.3. The fourth-order valence-corrected chi connectivity index (χ4v) is 6.53. The summed E-state index contributed by atoms with van der Waals surface area (Å²) in [5.74, 6) is -1.35. The normalized spacial score (nSPS) is 16.3. The standard InChI is InChI=1S/C33H28F11N9O2/c1-19(30(55,15-51-17-45-16-47-51)24-4-2-22(34)12-26(24)35)49-6-8-50(9-7-49)27-5-3-23(13-46-27)52-18-48-53(29(52)54)14-20-10-21(31(36,37)38)11-25(32(39,40)41)28(20)33(42,43)44/h2-5,10-13,16-19,55H,6-9,14-15H2,1H3/t19-,30-/m1/s1. The van der Waals surface area contributed by atoms with E-state index in [1.807, 2.05) is 9.80 Å². The topological polar surface area (TPSA) is 110 Å². The number of aliphatic hydroxyl groups is 1. The van der Waals surface area contributed by atoms with Crippen molar-refractivity contribution in [3.8, 4) is 5.69 Å². The summed E-state index contributed by atoms with van der Waals surface area (Å²) in [6.45, 7) is 1.48. The molecule has 1 fully saturated rings.